The Morgan fingerprint density at radius 2 is 2.05 bits per heavy atom. The Balaban J connectivity index is 1.74. The quantitative estimate of drug-likeness (QED) is 0.817. The number of hydrogen-bond acceptors (Lipinski definition) is 4. The molecule has 1 aromatic heterocycles. The van der Waals surface area contributed by atoms with E-state index in [4.69, 9.17) is 5.11 Å². The molecule has 6 heteroatoms. The molecule has 0 aliphatic heterocycles. The van der Waals surface area contributed by atoms with Gasteiger partial charge in [-0.05, 0) is 43.7 Å². The van der Waals surface area contributed by atoms with Crippen LogP contribution >= 0.6 is 11.8 Å². The van der Waals surface area contributed by atoms with E-state index in [0.29, 0.717) is 16.8 Å². The number of carboxylic acids is 1. The number of nitrogens with zero attached hydrogens (tertiary/aromatic N) is 1. The van der Waals surface area contributed by atoms with Gasteiger partial charge in [-0.25, -0.2) is 9.78 Å². The molecule has 1 heterocycles. The molecule has 0 bridgehead atoms. The van der Waals surface area contributed by atoms with Crippen LogP contribution in [0.1, 0.15) is 43.0 Å². The Labute approximate surface area is 128 Å². The standard InChI is InChI=1S/C15H20N2O3S/c1-10-2-5-12(6-3-10)17-13(18)9-21-14-7-4-11(8-16-14)15(19)20/h4,7-8,10,12H,2-3,5-6,9H2,1H3,(H,17,18)(H,19,20). The Bertz CT molecular complexity index is 496. The third-order valence-corrected chi connectivity index (χ3v) is 4.66. The number of amides is 1. The lowest BCUT2D eigenvalue weighted by molar-refractivity contribution is -0.119. The predicted molar refractivity (Wildman–Crippen MR) is 81.5 cm³/mol. The smallest absolute Gasteiger partial charge is 0.337 e. The lowest BCUT2D eigenvalue weighted by atomic mass is 9.87. The summed E-state index contributed by atoms with van der Waals surface area (Å²) in [5.74, 6) is 0.0994. The van der Waals surface area contributed by atoms with E-state index in [2.05, 4.69) is 17.2 Å². The van der Waals surface area contributed by atoms with Crippen LogP contribution in [0.15, 0.2) is 23.4 Å². The van der Waals surface area contributed by atoms with Gasteiger partial charge in [0.15, 0.2) is 0 Å². The summed E-state index contributed by atoms with van der Waals surface area (Å²) in [6, 6.07) is 3.43. The summed E-state index contributed by atoms with van der Waals surface area (Å²) in [6.07, 6.45) is 5.78. The summed E-state index contributed by atoms with van der Waals surface area (Å²) in [7, 11) is 0. The van der Waals surface area contributed by atoms with Crippen molar-refractivity contribution in [1.82, 2.24) is 10.3 Å². The molecule has 1 aromatic rings. The van der Waals surface area contributed by atoms with E-state index in [1.165, 1.54) is 36.9 Å². The first-order valence-corrected chi connectivity index (χ1v) is 8.14. The maximum absolute atomic E-state index is 11.9. The molecule has 1 aliphatic rings. The minimum atomic E-state index is -0.997. The molecule has 1 saturated carbocycles. The Morgan fingerprint density at radius 3 is 2.62 bits per heavy atom. The highest BCUT2D eigenvalue weighted by Gasteiger charge is 2.19. The van der Waals surface area contributed by atoms with Crippen LogP contribution in [-0.2, 0) is 4.79 Å². The van der Waals surface area contributed by atoms with Crippen LogP contribution in [0.4, 0.5) is 0 Å². The van der Waals surface area contributed by atoms with Crippen molar-refractivity contribution in [3.63, 3.8) is 0 Å². The zero-order valence-electron chi connectivity index (χ0n) is 12.0. The van der Waals surface area contributed by atoms with Crippen LogP contribution in [0, 0.1) is 5.92 Å². The number of hydrogen-bond donors (Lipinski definition) is 2. The van der Waals surface area contributed by atoms with Gasteiger partial charge >= 0.3 is 5.97 Å². The van der Waals surface area contributed by atoms with E-state index < -0.39 is 5.97 Å². The van der Waals surface area contributed by atoms with Crippen molar-refractivity contribution in [2.24, 2.45) is 5.92 Å². The van der Waals surface area contributed by atoms with Gasteiger partial charge in [0, 0.05) is 12.2 Å². The highest BCUT2D eigenvalue weighted by Crippen LogP contribution is 2.23. The van der Waals surface area contributed by atoms with Crippen molar-refractivity contribution in [3.05, 3.63) is 23.9 Å². The van der Waals surface area contributed by atoms with Crippen LogP contribution in [0.5, 0.6) is 0 Å². The van der Waals surface area contributed by atoms with Crippen molar-refractivity contribution in [2.45, 2.75) is 43.7 Å². The number of carbonyl (C=O) groups excluding carboxylic acids is 1. The van der Waals surface area contributed by atoms with Crippen LogP contribution in [0.25, 0.3) is 0 Å². The zero-order chi connectivity index (χ0) is 15.2. The summed E-state index contributed by atoms with van der Waals surface area (Å²) in [5, 5.41) is 12.5. The maximum Gasteiger partial charge on any atom is 0.337 e. The van der Waals surface area contributed by atoms with Gasteiger partial charge in [-0.15, -0.1) is 0 Å². The molecule has 0 unspecified atom stereocenters. The highest BCUT2D eigenvalue weighted by molar-refractivity contribution is 7.99. The molecule has 1 amide bonds. The zero-order valence-corrected chi connectivity index (χ0v) is 12.9. The van der Waals surface area contributed by atoms with Gasteiger partial charge in [-0.1, -0.05) is 18.7 Å². The second-order valence-electron chi connectivity index (χ2n) is 5.50. The van der Waals surface area contributed by atoms with Crippen molar-refractivity contribution in [3.8, 4) is 0 Å². The average Bonchev–Trinajstić information content (AvgIpc) is 2.48. The average molecular weight is 308 g/mol. The molecule has 1 fully saturated rings. The van der Waals surface area contributed by atoms with Crippen molar-refractivity contribution in [1.29, 1.82) is 0 Å². The molecule has 1 aliphatic carbocycles. The lowest BCUT2D eigenvalue weighted by Gasteiger charge is -2.26. The van der Waals surface area contributed by atoms with Crippen LogP contribution < -0.4 is 5.32 Å². The Morgan fingerprint density at radius 1 is 1.33 bits per heavy atom. The molecule has 114 valence electrons. The topological polar surface area (TPSA) is 79.3 Å². The van der Waals surface area contributed by atoms with Gasteiger partial charge in [0.25, 0.3) is 0 Å². The van der Waals surface area contributed by atoms with Gasteiger partial charge in [-0.2, -0.15) is 0 Å². The summed E-state index contributed by atoms with van der Waals surface area (Å²) in [4.78, 5) is 26.6. The molecular weight excluding hydrogens is 288 g/mol. The second-order valence-corrected chi connectivity index (χ2v) is 6.50. The Kier molecular flexibility index (Phi) is 5.61. The van der Waals surface area contributed by atoms with E-state index in [-0.39, 0.29) is 11.5 Å². The third-order valence-electron chi connectivity index (χ3n) is 3.72. The van der Waals surface area contributed by atoms with Crippen molar-refractivity contribution >= 4 is 23.6 Å². The fraction of sp³-hybridized carbons (Fsp3) is 0.533. The first-order chi connectivity index (χ1) is 10.0. The number of carbonyl (C=O) groups is 2. The van der Waals surface area contributed by atoms with Gasteiger partial charge in [0.05, 0.1) is 16.3 Å². The van der Waals surface area contributed by atoms with Gasteiger partial charge in [0.2, 0.25) is 5.91 Å². The minimum Gasteiger partial charge on any atom is -0.478 e. The normalized spacial score (nSPS) is 21.8. The lowest BCUT2D eigenvalue weighted by Crippen LogP contribution is -2.38. The number of carboxylic acid groups (broad SMARTS) is 1. The van der Waals surface area contributed by atoms with Crippen LogP contribution in [-0.4, -0.2) is 33.8 Å². The molecule has 5 nitrogen and oxygen atoms in total. The van der Waals surface area contributed by atoms with Gasteiger partial charge in [0.1, 0.15) is 0 Å². The van der Waals surface area contributed by atoms with Gasteiger partial charge < -0.3 is 10.4 Å². The van der Waals surface area contributed by atoms with E-state index >= 15 is 0 Å². The second kappa shape index (κ2) is 7.45. The SMILES string of the molecule is CC1CCC(NC(=O)CSc2ccc(C(=O)O)cn2)CC1. The number of nitrogens with one attached hydrogen (secondary N) is 1. The molecule has 0 radical (unpaired) electrons. The molecule has 2 rings (SSSR count). The maximum atomic E-state index is 11.9. The fourth-order valence-corrected chi connectivity index (χ4v) is 3.06. The number of rotatable bonds is 5. The summed E-state index contributed by atoms with van der Waals surface area (Å²) in [6.45, 7) is 2.25. The van der Waals surface area contributed by atoms with E-state index in [9.17, 15) is 9.59 Å². The molecule has 21 heavy (non-hydrogen) atoms. The molecule has 0 spiro atoms. The van der Waals surface area contributed by atoms with Gasteiger partial charge in [-0.3, -0.25) is 4.79 Å². The number of thioether (sulfide) groups is 1. The minimum absolute atomic E-state index is 0.0173. The van der Waals surface area contributed by atoms with Crippen molar-refractivity contribution in [2.75, 3.05) is 5.75 Å². The van der Waals surface area contributed by atoms with E-state index in [1.807, 2.05) is 0 Å². The number of aromatic carboxylic acids is 1. The molecule has 2 N–H and O–H groups in total. The molecule has 0 saturated heterocycles. The van der Waals surface area contributed by atoms with Crippen molar-refractivity contribution < 1.29 is 14.7 Å². The number of aromatic nitrogens is 1. The summed E-state index contributed by atoms with van der Waals surface area (Å²) in [5.41, 5.74) is 0.153. The fourth-order valence-electron chi connectivity index (χ4n) is 2.41. The Hall–Kier alpha value is -1.56. The van der Waals surface area contributed by atoms with E-state index in [0.717, 1.165) is 18.8 Å². The van der Waals surface area contributed by atoms with Crippen LogP contribution in [0.3, 0.4) is 0 Å². The monoisotopic (exact) mass is 308 g/mol. The first-order valence-electron chi connectivity index (χ1n) is 7.16. The summed E-state index contributed by atoms with van der Waals surface area (Å²) < 4.78 is 0. The summed E-state index contributed by atoms with van der Waals surface area (Å²) >= 11 is 1.32. The first kappa shape index (κ1) is 15.8. The van der Waals surface area contributed by atoms with E-state index in [1.54, 1.807) is 6.07 Å². The third kappa shape index (κ3) is 5.04. The molecule has 0 atom stereocenters. The highest BCUT2D eigenvalue weighted by atomic mass is 32.2. The van der Waals surface area contributed by atoms with Crippen LogP contribution in [0.2, 0.25) is 0 Å². The predicted octanol–water partition coefficient (Wildman–Crippen LogP) is 2.57. The largest absolute Gasteiger partial charge is 0.478 e. The molecular formula is C15H20N2O3S. The molecule has 0 aromatic carbocycles. The number of pyridine rings is 1.